The van der Waals surface area contributed by atoms with Crippen molar-refractivity contribution in [2.75, 3.05) is 18.5 Å². The molecule has 0 spiro atoms. The summed E-state index contributed by atoms with van der Waals surface area (Å²) in [6.45, 7) is 1.07. The molecular formula is C20H24N2O5S. The Morgan fingerprint density at radius 1 is 1.00 bits per heavy atom. The van der Waals surface area contributed by atoms with Gasteiger partial charge in [-0.2, -0.15) is 4.72 Å². The lowest BCUT2D eigenvalue weighted by molar-refractivity contribution is -0.146. The SMILES string of the molecule is CCCCc1ccc(NC(=O)COC(=O)CNS(=O)(=O)c2ccccc2)cc1. The number of amides is 1. The third kappa shape index (κ3) is 7.13. The fraction of sp³-hybridized carbons (Fsp3) is 0.300. The van der Waals surface area contributed by atoms with Gasteiger partial charge in [-0.25, -0.2) is 8.42 Å². The highest BCUT2D eigenvalue weighted by atomic mass is 32.2. The molecule has 1 amide bonds. The summed E-state index contributed by atoms with van der Waals surface area (Å²) in [4.78, 5) is 23.6. The Bertz CT molecular complexity index is 881. The molecule has 150 valence electrons. The number of ether oxygens (including phenoxy) is 1. The van der Waals surface area contributed by atoms with Crippen LogP contribution in [0.2, 0.25) is 0 Å². The van der Waals surface area contributed by atoms with Crippen molar-refractivity contribution in [1.82, 2.24) is 4.72 Å². The van der Waals surface area contributed by atoms with E-state index in [0.29, 0.717) is 5.69 Å². The van der Waals surface area contributed by atoms with Gasteiger partial charge in [0.15, 0.2) is 6.61 Å². The van der Waals surface area contributed by atoms with Gasteiger partial charge in [-0.3, -0.25) is 9.59 Å². The van der Waals surface area contributed by atoms with Crippen molar-refractivity contribution in [3.63, 3.8) is 0 Å². The number of aryl methyl sites for hydroxylation is 1. The minimum absolute atomic E-state index is 0.0444. The number of carbonyl (C=O) groups is 2. The van der Waals surface area contributed by atoms with Crippen LogP contribution < -0.4 is 10.0 Å². The third-order valence-electron chi connectivity index (χ3n) is 3.88. The number of hydrogen-bond acceptors (Lipinski definition) is 5. The molecule has 2 aromatic rings. The van der Waals surface area contributed by atoms with Gasteiger partial charge >= 0.3 is 5.97 Å². The van der Waals surface area contributed by atoms with Gasteiger partial charge in [0.2, 0.25) is 10.0 Å². The monoisotopic (exact) mass is 404 g/mol. The van der Waals surface area contributed by atoms with Gasteiger partial charge in [0, 0.05) is 5.69 Å². The van der Waals surface area contributed by atoms with E-state index in [1.807, 2.05) is 12.1 Å². The van der Waals surface area contributed by atoms with E-state index >= 15 is 0 Å². The normalized spacial score (nSPS) is 11.0. The standard InChI is InChI=1S/C20H24N2O5S/c1-2-3-7-16-10-12-17(13-11-16)22-19(23)15-27-20(24)14-21-28(25,26)18-8-5-4-6-9-18/h4-6,8-13,21H,2-3,7,14-15H2,1H3,(H,22,23). The van der Waals surface area contributed by atoms with Crippen molar-refractivity contribution in [3.8, 4) is 0 Å². The fourth-order valence-corrected chi connectivity index (χ4v) is 3.36. The number of anilines is 1. The van der Waals surface area contributed by atoms with Crippen LogP contribution in [0, 0.1) is 0 Å². The maximum absolute atomic E-state index is 12.0. The second kappa shape index (κ2) is 10.6. The highest BCUT2D eigenvalue weighted by Gasteiger charge is 2.16. The average molecular weight is 404 g/mol. The Labute approximate surface area is 165 Å². The highest BCUT2D eigenvalue weighted by molar-refractivity contribution is 7.89. The van der Waals surface area contributed by atoms with Gasteiger partial charge in [-0.1, -0.05) is 43.7 Å². The highest BCUT2D eigenvalue weighted by Crippen LogP contribution is 2.12. The van der Waals surface area contributed by atoms with Crippen LogP contribution in [-0.2, 0) is 30.8 Å². The predicted octanol–water partition coefficient (Wildman–Crippen LogP) is 2.49. The molecule has 0 saturated heterocycles. The van der Waals surface area contributed by atoms with Crippen LogP contribution in [0.25, 0.3) is 0 Å². The molecule has 0 heterocycles. The second-order valence-electron chi connectivity index (χ2n) is 6.15. The summed E-state index contributed by atoms with van der Waals surface area (Å²) in [5, 5.41) is 2.62. The van der Waals surface area contributed by atoms with E-state index in [4.69, 9.17) is 4.74 Å². The fourth-order valence-electron chi connectivity index (χ4n) is 2.37. The van der Waals surface area contributed by atoms with Crippen LogP contribution in [-0.4, -0.2) is 33.4 Å². The molecule has 7 nitrogen and oxygen atoms in total. The molecule has 0 atom stereocenters. The quantitative estimate of drug-likeness (QED) is 0.593. The van der Waals surface area contributed by atoms with E-state index in [9.17, 15) is 18.0 Å². The zero-order valence-corrected chi connectivity index (χ0v) is 16.5. The Hall–Kier alpha value is -2.71. The van der Waals surface area contributed by atoms with E-state index in [1.165, 1.54) is 17.7 Å². The summed E-state index contributed by atoms with van der Waals surface area (Å²) in [7, 11) is -3.80. The number of hydrogen-bond donors (Lipinski definition) is 2. The number of unbranched alkanes of at least 4 members (excludes halogenated alkanes) is 1. The van der Waals surface area contributed by atoms with Crippen LogP contribution in [0.1, 0.15) is 25.3 Å². The molecule has 0 unspecified atom stereocenters. The summed E-state index contributed by atoms with van der Waals surface area (Å²) < 4.78 is 31.0. The first-order valence-electron chi connectivity index (χ1n) is 9.00. The van der Waals surface area contributed by atoms with Crippen LogP contribution >= 0.6 is 0 Å². The first kappa shape index (κ1) is 21.6. The molecule has 0 saturated carbocycles. The average Bonchev–Trinajstić information content (AvgIpc) is 2.71. The van der Waals surface area contributed by atoms with Crippen molar-refractivity contribution in [3.05, 3.63) is 60.2 Å². The Morgan fingerprint density at radius 3 is 2.32 bits per heavy atom. The maximum Gasteiger partial charge on any atom is 0.321 e. The van der Waals surface area contributed by atoms with Crippen molar-refractivity contribution in [2.24, 2.45) is 0 Å². The predicted molar refractivity (Wildman–Crippen MR) is 106 cm³/mol. The van der Waals surface area contributed by atoms with Crippen molar-refractivity contribution in [1.29, 1.82) is 0 Å². The molecular weight excluding hydrogens is 380 g/mol. The van der Waals surface area contributed by atoms with Gasteiger partial charge in [0.1, 0.15) is 6.54 Å². The maximum atomic E-state index is 12.0. The van der Waals surface area contributed by atoms with E-state index < -0.39 is 35.1 Å². The topological polar surface area (TPSA) is 102 Å². The molecule has 2 aromatic carbocycles. The van der Waals surface area contributed by atoms with E-state index in [2.05, 4.69) is 17.0 Å². The minimum Gasteiger partial charge on any atom is -0.455 e. The number of esters is 1. The second-order valence-corrected chi connectivity index (χ2v) is 7.91. The van der Waals surface area contributed by atoms with E-state index in [0.717, 1.165) is 19.3 Å². The summed E-state index contributed by atoms with van der Waals surface area (Å²) >= 11 is 0. The number of benzene rings is 2. The lowest BCUT2D eigenvalue weighted by Gasteiger charge is -2.09. The zero-order chi connectivity index (χ0) is 20.4. The Balaban J connectivity index is 1.74. The van der Waals surface area contributed by atoms with Crippen molar-refractivity contribution >= 4 is 27.6 Å². The Kier molecular flexibility index (Phi) is 8.16. The smallest absolute Gasteiger partial charge is 0.321 e. The lowest BCUT2D eigenvalue weighted by Crippen LogP contribution is -2.32. The first-order chi connectivity index (χ1) is 13.4. The van der Waals surface area contributed by atoms with Gasteiger partial charge in [0.25, 0.3) is 5.91 Å². The molecule has 0 fully saturated rings. The zero-order valence-electron chi connectivity index (χ0n) is 15.7. The molecule has 0 aliphatic heterocycles. The molecule has 2 rings (SSSR count). The van der Waals surface area contributed by atoms with Crippen LogP contribution in [0.15, 0.2) is 59.5 Å². The van der Waals surface area contributed by atoms with Gasteiger partial charge < -0.3 is 10.1 Å². The van der Waals surface area contributed by atoms with Gasteiger partial charge in [0.05, 0.1) is 4.90 Å². The van der Waals surface area contributed by atoms with Crippen LogP contribution in [0.4, 0.5) is 5.69 Å². The number of nitrogens with one attached hydrogen (secondary N) is 2. The minimum atomic E-state index is -3.80. The van der Waals surface area contributed by atoms with Gasteiger partial charge in [-0.05, 0) is 42.7 Å². The van der Waals surface area contributed by atoms with Crippen LogP contribution in [0.3, 0.4) is 0 Å². The number of sulfonamides is 1. The summed E-state index contributed by atoms with van der Waals surface area (Å²) in [5.41, 5.74) is 1.79. The molecule has 28 heavy (non-hydrogen) atoms. The summed E-state index contributed by atoms with van der Waals surface area (Å²) in [6.07, 6.45) is 3.21. The molecule has 0 aromatic heterocycles. The third-order valence-corrected chi connectivity index (χ3v) is 5.30. The molecule has 0 aliphatic rings. The summed E-state index contributed by atoms with van der Waals surface area (Å²) in [6, 6.07) is 15.1. The van der Waals surface area contributed by atoms with E-state index in [-0.39, 0.29) is 4.90 Å². The largest absolute Gasteiger partial charge is 0.455 e. The number of carbonyl (C=O) groups excluding carboxylic acids is 2. The number of rotatable bonds is 10. The molecule has 0 radical (unpaired) electrons. The molecule has 8 heteroatoms. The summed E-state index contributed by atoms with van der Waals surface area (Å²) in [5.74, 6) is -1.34. The molecule has 0 bridgehead atoms. The van der Waals surface area contributed by atoms with Crippen molar-refractivity contribution in [2.45, 2.75) is 31.1 Å². The molecule has 0 aliphatic carbocycles. The van der Waals surface area contributed by atoms with Gasteiger partial charge in [-0.15, -0.1) is 0 Å². The lowest BCUT2D eigenvalue weighted by atomic mass is 10.1. The molecule has 2 N–H and O–H groups in total. The Morgan fingerprint density at radius 2 is 1.68 bits per heavy atom. The van der Waals surface area contributed by atoms with E-state index in [1.54, 1.807) is 30.3 Å². The van der Waals surface area contributed by atoms with Crippen molar-refractivity contribution < 1.29 is 22.7 Å². The first-order valence-corrected chi connectivity index (χ1v) is 10.5. The van der Waals surface area contributed by atoms with Crippen LogP contribution in [0.5, 0.6) is 0 Å².